The monoisotopic (exact) mass is 336 g/mol. The van der Waals surface area contributed by atoms with E-state index in [4.69, 9.17) is 5.11 Å². The Hall–Kier alpha value is -1.81. The van der Waals surface area contributed by atoms with Crippen molar-refractivity contribution < 1.29 is 20.1 Å². The Kier molecular flexibility index (Phi) is 14.9. The number of carboxylic acids is 1. The van der Waals surface area contributed by atoms with Crippen molar-refractivity contribution in [2.24, 2.45) is 0 Å². The highest BCUT2D eigenvalue weighted by atomic mass is 16.4. The molecule has 0 fully saturated rings. The first kappa shape index (κ1) is 22.2. The molecule has 0 aliphatic heterocycles. The lowest BCUT2D eigenvalue weighted by atomic mass is 10.0. The summed E-state index contributed by atoms with van der Waals surface area (Å²) in [5.41, 5.74) is 0. The standard InChI is InChI=1S/C20H32O4/c1-2-3-4-5-6-9-13-18(21)14-10-7-8-11-15-19(22)16-12-17-20(23)24/h7-8,11-12,15-18,21-22H,2-6,9-10,13-14H2,1H3,(H,23,24)/b8-7+,15-11+,17-12+,19-16-. The fourth-order valence-electron chi connectivity index (χ4n) is 2.21. The lowest BCUT2D eigenvalue weighted by Crippen LogP contribution is -2.05. The summed E-state index contributed by atoms with van der Waals surface area (Å²) >= 11 is 0. The van der Waals surface area contributed by atoms with Crippen LogP contribution in [0.25, 0.3) is 0 Å². The molecule has 0 spiro atoms. The highest BCUT2D eigenvalue weighted by Crippen LogP contribution is 2.11. The average Bonchev–Trinajstić information content (AvgIpc) is 2.53. The molecule has 0 aromatic carbocycles. The summed E-state index contributed by atoms with van der Waals surface area (Å²) in [4.78, 5) is 10.2. The number of aliphatic hydroxyl groups excluding tert-OH is 2. The van der Waals surface area contributed by atoms with Crippen molar-refractivity contribution in [3.05, 3.63) is 48.3 Å². The van der Waals surface area contributed by atoms with Crippen LogP contribution in [0.15, 0.2) is 48.3 Å². The number of aliphatic hydroxyl groups is 2. The van der Waals surface area contributed by atoms with Crippen LogP contribution in [0.1, 0.15) is 64.7 Å². The van der Waals surface area contributed by atoms with Gasteiger partial charge in [-0.1, -0.05) is 69.8 Å². The van der Waals surface area contributed by atoms with Crippen LogP contribution in [0.2, 0.25) is 0 Å². The Bertz CT molecular complexity index is 433. The van der Waals surface area contributed by atoms with Crippen LogP contribution in [0.5, 0.6) is 0 Å². The van der Waals surface area contributed by atoms with Crippen molar-refractivity contribution in [1.82, 2.24) is 0 Å². The third-order valence-corrected chi connectivity index (χ3v) is 3.58. The van der Waals surface area contributed by atoms with Crippen LogP contribution in [0, 0.1) is 0 Å². The lowest BCUT2D eigenvalue weighted by molar-refractivity contribution is -0.131. The third-order valence-electron chi connectivity index (χ3n) is 3.58. The highest BCUT2D eigenvalue weighted by molar-refractivity contribution is 5.80. The Morgan fingerprint density at radius 2 is 1.62 bits per heavy atom. The van der Waals surface area contributed by atoms with Gasteiger partial charge in [-0.05, 0) is 31.4 Å². The van der Waals surface area contributed by atoms with E-state index in [1.165, 1.54) is 50.3 Å². The van der Waals surface area contributed by atoms with E-state index in [0.29, 0.717) is 0 Å². The van der Waals surface area contributed by atoms with Crippen LogP contribution in [0.4, 0.5) is 0 Å². The molecule has 0 radical (unpaired) electrons. The second-order valence-electron chi connectivity index (χ2n) is 5.86. The first-order valence-electron chi connectivity index (χ1n) is 8.87. The SMILES string of the molecule is CCCCCCCCC(O)CC/C=C/C=C/C(O)=C/C=C/C(=O)O. The van der Waals surface area contributed by atoms with Gasteiger partial charge in [0.15, 0.2) is 0 Å². The minimum atomic E-state index is -1.05. The van der Waals surface area contributed by atoms with Crippen molar-refractivity contribution >= 4 is 5.97 Å². The summed E-state index contributed by atoms with van der Waals surface area (Å²) in [5.74, 6) is -1.07. The second-order valence-corrected chi connectivity index (χ2v) is 5.86. The fourth-order valence-corrected chi connectivity index (χ4v) is 2.21. The number of hydrogen-bond acceptors (Lipinski definition) is 3. The number of aliphatic carboxylic acids is 1. The van der Waals surface area contributed by atoms with Crippen LogP contribution in [-0.4, -0.2) is 27.4 Å². The molecule has 136 valence electrons. The maximum atomic E-state index is 10.2. The van der Waals surface area contributed by atoms with Crippen LogP contribution < -0.4 is 0 Å². The maximum Gasteiger partial charge on any atom is 0.328 e. The third kappa shape index (κ3) is 16.6. The van der Waals surface area contributed by atoms with E-state index in [1.54, 1.807) is 6.08 Å². The predicted molar refractivity (Wildman–Crippen MR) is 99.0 cm³/mol. The minimum Gasteiger partial charge on any atom is -0.508 e. The summed E-state index contributed by atoms with van der Waals surface area (Å²) in [5, 5.41) is 27.7. The van der Waals surface area contributed by atoms with E-state index < -0.39 is 5.97 Å². The van der Waals surface area contributed by atoms with Crippen molar-refractivity contribution in [3.63, 3.8) is 0 Å². The number of carbonyl (C=O) groups is 1. The van der Waals surface area contributed by atoms with Crippen molar-refractivity contribution in [2.45, 2.75) is 70.8 Å². The van der Waals surface area contributed by atoms with Gasteiger partial charge in [0.2, 0.25) is 0 Å². The van der Waals surface area contributed by atoms with E-state index in [1.807, 2.05) is 12.2 Å². The van der Waals surface area contributed by atoms with Gasteiger partial charge in [-0.2, -0.15) is 0 Å². The fraction of sp³-hybridized carbons (Fsp3) is 0.550. The Labute approximate surface area is 145 Å². The smallest absolute Gasteiger partial charge is 0.328 e. The van der Waals surface area contributed by atoms with Crippen LogP contribution >= 0.6 is 0 Å². The summed E-state index contributed by atoms with van der Waals surface area (Å²) in [7, 11) is 0. The van der Waals surface area contributed by atoms with E-state index >= 15 is 0 Å². The summed E-state index contributed by atoms with van der Waals surface area (Å²) in [6.07, 6.45) is 20.1. The molecule has 0 aromatic heterocycles. The van der Waals surface area contributed by atoms with Gasteiger partial charge in [0.25, 0.3) is 0 Å². The first-order chi connectivity index (χ1) is 11.6. The van der Waals surface area contributed by atoms with Gasteiger partial charge < -0.3 is 15.3 Å². The molecular weight excluding hydrogens is 304 g/mol. The van der Waals surface area contributed by atoms with Crippen LogP contribution in [0.3, 0.4) is 0 Å². The normalized spacial score (nSPS) is 14.2. The zero-order valence-electron chi connectivity index (χ0n) is 14.7. The Morgan fingerprint density at radius 3 is 2.33 bits per heavy atom. The van der Waals surface area contributed by atoms with Crippen molar-refractivity contribution in [3.8, 4) is 0 Å². The molecule has 24 heavy (non-hydrogen) atoms. The van der Waals surface area contributed by atoms with Gasteiger partial charge >= 0.3 is 5.97 Å². The van der Waals surface area contributed by atoms with Gasteiger partial charge in [-0.3, -0.25) is 0 Å². The molecule has 0 saturated heterocycles. The summed E-state index contributed by atoms with van der Waals surface area (Å²) in [6.45, 7) is 2.21. The molecular formula is C20H32O4. The number of rotatable bonds is 14. The van der Waals surface area contributed by atoms with E-state index in [9.17, 15) is 15.0 Å². The van der Waals surface area contributed by atoms with Gasteiger partial charge in [-0.25, -0.2) is 4.79 Å². The largest absolute Gasteiger partial charge is 0.508 e. The maximum absolute atomic E-state index is 10.2. The van der Waals surface area contributed by atoms with Gasteiger partial charge in [-0.15, -0.1) is 0 Å². The zero-order chi connectivity index (χ0) is 18.0. The lowest BCUT2D eigenvalue weighted by Gasteiger charge is -2.08. The molecule has 0 saturated carbocycles. The van der Waals surface area contributed by atoms with Gasteiger partial charge in [0, 0.05) is 6.08 Å². The van der Waals surface area contributed by atoms with Crippen molar-refractivity contribution in [2.75, 3.05) is 0 Å². The highest BCUT2D eigenvalue weighted by Gasteiger charge is 2.02. The Balaban J connectivity index is 3.72. The number of hydrogen-bond donors (Lipinski definition) is 3. The summed E-state index contributed by atoms with van der Waals surface area (Å²) < 4.78 is 0. The molecule has 0 aromatic rings. The van der Waals surface area contributed by atoms with Crippen LogP contribution in [-0.2, 0) is 4.79 Å². The Morgan fingerprint density at radius 1 is 0.917 bits per heavy atom. The number of allylic oxidation sites excluding steroid dienone is 6. The van der Waals surface area contributed by atoms with Gasteiger partial charge in [0.1, 0.15) is 5.76 Å². The molecule has 1 atom stereocenters. The number of carboxylic acid groups (broad SMARTS) is 1. The molecule has 0 bridgehead atoms. The van der Waals surface area contributed by atoms with Gasteiger partial charge in [0.05, 0.1) is 6.10 Å². The average molecular weight is 336 g/mol. The van der Waals surface area contributed by atoms with E-state index in [-0.39, 0.29) is 11.9 Å². The summed E-state index contributed by atoms with van der Waals surface area (Å²) in [6, 6.07) is 0. The molecule has 0 heterocycles. The minimum absolute atomic E-state index is 0.0137. The molecule has 4 nitrogen and oxygen atoms in total. The molecule has 0 aliphatic rings. The molecule has 0 rings (SSSR count). The van der Waals surface area contributed by atoms with E-state index in [0.717, 1.165) is 31.8 Å². The zero-order valence-corrected chi connectivity index (χ0v) is 14.7. The first-order valence-corrected chi connectivity index (χ1v) is 8.87. The quantitative estimate of drug-likeness (QED) is 0.179. The molecule has 0 amide bonds. The number of unbranched alkanes of at least 4 members (excludes halogenated alkanes) is 5. The van der Waals surface area contributed by atoms with Crippen molar-refractivity contribution in [1.29, 1.82) is 0 Å². The molecule has 1 unspecified atom stereocenters. The molecule has 0 aliphatic carbocycles. The predicted octanol–water partition coefficient (Wildman–Crippen LogP) is 5.07. The van der Waals surface area contributed by atoms with E-state index in [2.05, 4.69) is 6.92 Å². The molecule has 4 heteroatoms. The second kappa shape index (κ2) is 16.1. The molecule has 3 N–H and O–H groups in total. The topological polar surface area (TPSA) is 77.8 Å².